The predicted octanol–water partition coefficient (Wildman–Crippen LogP) is 2.33. The second-order valence-electron chi connectivity index (χ2n) is 6.60. The van der Waals surface area contributed by atoms with Gasteiger partial charge in [-0.3, -0.25) is 0 Å². The van der Waals surface area contributed by atoms with E-state index in [1.807, 2.05) is 0 Å². The lowest BCUT2D eigenvalue weighted by molar-refractivity contribution is 0.122. The molecule has 2 saturated heterocycles. The van der Waals surface area contributed by atoms with Crippen LogP contribution in [0.25, 0.3) is 0 Å². The molecule has 156 valence electrons. The minimum Gasteiger partial charge on any atom is -0.378 e. The van der Waals surface area contributed by atoms with Crippen LogP contribution in [0.15, 0.2) is 12.1 Å². The number of halogens is 2. The van der Waals surface area contributed by atoms with Crippen LogP contribution in [0.4, 0.5) is 16.2 Å². The molecule has 0 atom stereocenters. The lowest BCUT2D eigenvalue weighted by Gasteiger charge is -2.34. The molecular weight excluding hydrogens is 427 g/mol. The summed E-state index contributed by atoms with van der Waals surface area (Å²) in [4.78, 5) is 16.2. The van der Waals surface area contributed by atoms with Crippen molar-refractivity contribution in [2.75, 3.05) is 68.5 Å². The molecule has 2 aliphatic heterocycles. The number of anilines is 2. The fourth-order valence-corrected chi connectivity index (χ4v) is 5.09. The summed E-state index contributed by atoms with van der Waals surface area (Å²) in [5.41, 5.74) is 1.24. The molecule has 0 saturated carbocycles. The summed E-state index contributed by atoms with van der Waals surface area (Å²) < 4.78 is 30.6. The maximum Gasteiger partial charge on any atom is 0.321 e. The summed E-state index contributed by atoms with van der Waals surface area (Å²) in [7, 11) is -3.23. The first kappa shape index (κ1) is 21.4. The van der Waals surface area contributed by atoms with E-state index in [0.29, 0.717) is 68.2 Å². The SMILES string of the molecule is CCS(=O)(=O)N1CCN(C(=O)Nc2cc(Cl)c(N3CCOCC3)c(Cl)c2)CC1. The van der Waals surface area contributed by atoms with Gasteiger partial charge in [0.25, 0.3) is 0 Å². The van der Waals surface area contributed by atoms with Crippen molar-refractivity contribution in [2.45, 2.75) is 6.92 Å². The van der Waals surface area contributed by atoms with Gasteiger partial charge >= 0.3 is 6.03 Å². The summed E-state index contributed by atoms with van der Waals surface area (Å²) in [6.45, 7) is 5.50. The van der Waals surface area contributed by atoms with Crippen LogP contribution in [0.5, 0.6) is 0 Å². The molecule has 28 heavy (non-hydrogen) atoms. The minimum atomic E-state index is -3.23. The fourth-order valence-electron chi connectivity index (χ4n) is 3.28. The molecule has 11 heteroatoms. The Morgan fingerprint density at radius 3 is 2.18 bits per heavy atom. The smallest absolute Gasteiger partial charge is 0.321 e. The van der Waals surface area contributed by atoms with Crippen LogP contribution >= 0.6 is 23.2 Å². The molecule has 2 aliphatic rings. The van der Waals surface area contributed by atoms with E-state index >= 15 is 0 Å². The zero-order valence-corrected chi connectivity index (χ0v) is 18.0. The summed E-state index contributed by atoms with van der Waals surface area (Å²) >= 11 is 12.8. The molecule has 2 fully saturated rings. The molecule has 0 bridgehead atoms. The van der Waals surface area contributed by atoms with Crippen molar-refractivity contribution in [3.63, 3.8) is 0 Å². The second-order valence-corrected chi connectivity index (χ2v) is 9.68. The van der Waals surface area contributed by atoms with Crippen LogP contribution in [-0.2, 0) is 14.8 Å². The number of amides is 2. The number of carbonyl (C=O) groups is 1. The number of piperazine rings is 1. The first-order valence-electron chi connectivity index (χ1n) is 9.17. The number of hydrogen-bond acceptors (Lipinski definition) is 5. The fraction of sp³-hybridized carbons (Fsp3) is 0.588. The summed E-state index contributed by atoms with van der Waals surface area (Å²) in [5, 5.41) is 3.72. The van der Waals surface area contributed by atoms with E-state index in [4.69, 9.17) is 27.9 Å². The van der Waals surface area contributed by atoms with Crippen molar-refractivity contribution in [2.24, 2.45) is 0 Å². The van der Waals surface area contributed by atoms with Gasteiger partial charge in [0.1, 0.15) is 0 Å². The number of hydrogen-bond donors (Lipinski definition) is 1. The number of ether oxygens (including phenoxy) is 1. The Kier molecular flexibility index (Phi) is 6.93. The monoisotopic (exact) mass is 450 g/mol. The van der Waals surface area contributed by atoms with E-state index < -0.39 is 10.0 Å². The standard InChI is InChI=1S/C17H24Cl2N4O4S/c1-2-28(25,26)23-5-3-22(4-6-23)17(24)20-13-11-14(18)16(15(19)12-13)21-7-9-27-10-8-21/h11-12H,2-10H2,1H3,(H,20,24). The summed E-state index contributed by atoms with van der Waals surface area (Å²) in [5.74, 6) is 0.0612. The van der Waals surface area contributed by atoms with Crippen LogP contribution in [0.1, 0.15) is 6.92 Å². The van der Waals surface area contributed by atoms with Gasteiger partial charge < -0.3 is 19.9 Å². The Morgan fingerprint density at radius 1 is 1.07 bits per heavy atom. The first-order valence-corrected chi connectivity index (χ1v) is 11.5. The van der Waals surface area contributed by atoms with Gasteiger partial charge in [0.15, 0.2) is 0 Å². The second kappa shape index (κ2) is 9.04. The number of nitrogens with zero attached hydrogens (tertiary/aromatic N) is 3. The normalized spacial score (nSPS) is 19.0. The summed E-state index contributed by atoms with van der Waals surface area (Å²) in [6.07, 6.45) is 0. The van der Waals surface area contributed by atoms with Gasteiger partial charge in [-0.15, -0.1) is 0 Å². The van der Waals surface area contributed by atoms with Crippen molar-refractivity contribution in [1.29, 1.82) is 0 Å². The van der Waals surface area contributed by atoms with Crippen molar-refractivity contribution in [3.8, 4) is 0 Å². The van der Waals surface area contributed by atoms with E-state index in [2.05, 4.69) is 10.2 Å². The topological polar surface area (TPSA) is 82.2 Å². The third-order valence-electron chi connectivity index (χ3n) is 4.88. The molecule has 1 aromatic carbocycles. The van der Waals surface area contributed by atoms with Gasteiger partial charge in [0, 0.05) is 45.0 Å². The Morgan fingerprint density at radius 2 is 1.64 bits per heavy atom. The van der Waals surface area contributed by atoms with E-state index in [1.165, 1.54) is 4.31 Å². The van der Waals surface area contributed by atoms with Crippen LogP contribution in [-0.4, -0.2) is 81.9 Å². The van der Waals surface area contributed by atoms with Crippen molar-refractivity contribution in [3.05, 3.63) is 22.2 Å². The highest BCUT2D eigenvalue weighted by Crippen LogP contribution is 2.37. The molecule has 2 amide bonds. The van der Waals surface area contributed by atoms with Crippen molar-refractivity contribution in [1.82, 2.24) is 9.21 Å². The van der Waals surface area contributed by atoms with Gasteiger partial charge in [-0.25, -0.2) is 13.2 Å². The molecular formula is C17H24Cl2N4O4S. The van der Waals surface area contributed by atoms with Gasteiger partial charge in [0.2, 0.25) is 10.0 Å². The maximum atomic E-state index is 12.5. The highest BCUT2D eigenvalue weighted by molar-refractivity contribution is 7.89. The zero-order valence-electron chi connectivity index (χ0n) is 15.7. The predicted molar refractivity (Wildman–Crippen MR) is 111 cm³/mol. The molecule has 2 heterocycles. The lowest BCUT2D eigenvalue weighted by Crippen LogP contribution is -2.51. The Bertz CT molecular complexity index is 799. The minimum absolute atomic E-state index is 0.0612. The van der Waals surface area contributed by atoms with Crippen molar-refractivity contribution >= 4 is 50.6 Å². The molecule has 1 aromatic rings. The number of morpholine rings is 1. The van der Waals surface area contributed by atoms with Crippen LogP contribution in [0.3, 0.4) is 0 Å². The molecule has 0 aliphatic carbocycles. The Hall–Kier alpha value is -1.26. The zero-order chi connectivity index (χ0) is 20.3. The molecule has 0 radical (unpaired) electrons. The quantitative estimate of drug-likeness (QED) is 0.760. The molecule has 0 spiro atoms. The number of nitrogens with one attached hydrogen (secondary N) is 1. The summed E-state index contributed by atoms with van der Waals surface area (Å²) in [6, 6.07) is 3.04. The van der Waals surface area contributed by atoms with Crippen molar-refractivity contribution < 1.29 is 17.9 Å². The molecule has 3 rings (SSSR count). The molecule has 8 nitrogen and oxygen atoms in total. The first-order chi connectivity index (χ1) is 13.3. The lowest BCUT2D eigenvalue weighted by atomic mass is 10.2. The van der Waals surface area contributed by atoms with E-state index in [-0.39, 0.29) is 11.8 Å². The average Bonchev–Trinajstić information content (AvgIpc) is 2.68. The average molecular weight is 451 g/mol. The van der Waals surface area contributed by atoms with E-state index in [9.17, 15) is 13.2 Å². The Labute approximate surface area is 175 Å². The number of urea groups is 1. The van der Waals surface area contributed by atoms with Gasteiger partial charge in [-0.05, 0) is 19.1 Å². The van der Waals surface area contributed by atoms with Gasteiger partial charge in [0.05, 0.1) is 34.7 Å². The van der Waals surface area contributed by atoms with Crippen LogP contribution in [0, 0.1) is 0 Å². The third kappa shape index (κ3) is 4.83. The van der Waals surface area contributed by atoms with Crippen LogP contribution in [0.2, 0.25) is 10.0 Å². The van der Waals surface area contributed by atoms with E-state index in [0.717, 1.165) is 5.69 Å². The van der Waals surface area contributed by atoms with Crippen LogP contribution < -0.4 is 10.2 Å². The van der Waals surface area contributed by atoms with E-state index in [1.54, 1.807) is 24.0 Å². The Balaban J connectivity index is 1.63. The number of rotatable bonds is 4. The van der Waals surface area contributed by atoms with Gasteiger partial charge in [-0.1, -0.05) is 23.2 Å². The molecule has 0 aromatic heterocycles. The highest BCUT2D eigenvalue weighted by atomic mass is 35.5. The number of sulfonamides is 1. The third-order valence-corrected chi connectivity index (χ3v) is 7.34. The molecule has 0 unspecified atom stereocenters. The maximum absolute atomic E-state index is 12.5. The number of benzene rings is 1. The molecule has 1 N–H and O–H groups in total. The highest BCUT2D eigenvalue weighted by Gasteiger charge is 2.28. The largest absolute Gasteiger partial charge is 0.378 e. The number of carbonyl (C=O) groups excluding carboxylic acids is 1. The van der Waals surface area contributed by atoms with Gasteiger partial charge in [-0.2, -0.15) is 4.31 Å².